The number of carbonyl (C=O) groups is 1. The molecule has 0 spiro atoms. The maximum atomic E-state index is 12.3. The lowest BCUT2D eigenvalue weighted by molar-refractivity contribution is -0.128. The Balaban J connectivity index is 1.78. The molecule has 108 valence electrons. The Morgan fingerprint density at radius 2 is 2.15 bits per heavy atom. The number of fused-ring (bicyclic) bond motifs is 1. The van der Waals surface area contributed by atoms with Gasteiger partial charge in [0.05, 0.1) is 18.8 Å². The van der Waals surface area contributed by atoms with E-state index in [0.29, 0.717) is 12.2 Å². The van der Waals surface area contributed by atoms with Crippen LogP contribution in [0.1, 0.15) is 19.8 Å². The number of nitrogen functional groups attached to an aromatic ring is 1. The highest BCUT2D eigenvalue weighted by atomic mass is 16.5. The molecule has 2 aliphatic heterocycles. The monoisotopic (exact) mass is 275 g/mol. The lowest BCUT2D eigenvalue weighted by Gasteiger charge is -2.35. The third kappa shape index (κ3) is 2.53. The highest BCUT2D eigenvalue weighted by Gasteiger charge is 2.27. The largest absolute Gasteiger partial charge is 0.487 e. The average molecular weight is 275 g/mol. The normalized spacial score (nSPS) is 21.6. The van der Waals surface area contributed by atoms with Gasteiger partial charge in [0.1, 0.15) is 11.9 Å². The van der Waals surface area contributed by atoms with Crippen molar-refractivity contribution in [3.05, 3.63) is 18.2 Å². The van der Waals surface area contributed by atoms with Gasteiger partial charge in [-0.05, 0) is 31.9 Å². The van der Waals surface area contributed by atoms with Crippen LogP contribution in [0.4, 0.5) is 11.4 Å². The zero-order chi connectivity index (χ0) is 14.1. The van der Waals surface area contributed by atoms with E-state index in [1.807, 2.05) is 30.0 Å². The van der Waals surface area contributed by atoms with Crippen LogP contribution in [0.2, 0.25) is 0 Å². The van der Waals surface area contributed by atoms with Gasteiger partial charge in [-0.2, -0.15) is 0 Å². The molecule has 1 aromatic carbocycles. The molecule has 1 atom stereocenters. The Labute approximate surface area is 119 Å². The van der Waals surface area contributed by atoms with Gasteiger partial charge in [0.15, 0.2) is 0 Å². The molecule has 2 N–H and O–H groups in total. The van der Waals surface area contributed by atoms with Gasteiger partial charge in [-0.15, -0.1) is 0 Å². The van der Waals surface area contributed by atoms with Gasteiger partial charge in [-0.25, -0.2) is 0 Å². The van der Waals surface area contributed by atoms with E-state index in [1.165, 1.54) is 0 Å². The summed E-state index contributed by atoms with van der Waals surface area (Å²) in [6, 6.07) is 5.62. The second-order valence-corrected chi connectivity index (χ2v) is 5.62. The molecular formula is C15H21N3O2. The van der Waals surface area contributed by atoms with Crippen molar-refractivity contribution in [3.63, 3.8) is 0 Å². The summed E-state index contributed by atoms with van der Waals surface area (Å²) in [6.07, 6.45) is 2.31. The van der Waals surface area contributed by atoms with Crippen molar-refractivity contribution >= 4 is 17.3 Å². The summed E-state index contributed by atoms with van der Waals surface area (Å²) in [4.78, 5) is 16.4. The van der Waals surface area contributed by atoms with Crippen LogP contribution in [-0.2, 0) is 4.79 Å². The van der Waals surface area contributed by atoms with Crippen molar-refractivity contribution in [1.82, 2.24) is 4.90 Å². The number of anilines is 2. The van der Waals surface area contributed by atoms with Crippen molar-refractivity contribution in [2.45, 2.75) is 25.9 Å². The fourth-order valence-electron chi connectivity index (χ4n) is 2.93. The summed E-state index contributed by atoms with van der Waals surface area (Å²) >= 11 is 0. The number of carbonyl (C=O) groups excluding carboxylic acids is 1. The van der Waals surface area contributed by atoms with Gasteiger partial charge in [-0.1, -0.05) is 0 Å². The van der Waals surface area contributed by atoms with E-state index in [2.05, 4.69) is 4.90 Å². The fourth-order valence-corrected chi connectivity index (χ4v) is 2.93. The molecule has 20 heavy (non-hydrogen) atoms. The first kappa shape index (κ1) is 13.1. The van der Waals surface area contributed by atoms with E-state index >= 15 is 0 Å². The molecule has 1 saturated heterocycles. The van der Waals surface area contributed by atoms with Crippen molar-refractivity contribution in [3.8, 4) is 5.75 Å². The number of rotatable bonds is 2. The van der Waals surface area contributed by atoms with Crippen LogP contribution < -0.4 is 15.4 Å². The lowest BCUT2D eigenvalue weighted by Crippen LogP contribution is -2.45. The predicted molar refractivity (Wildman–Crippen MR) is 79.0 cm³/mol. The third-order valence-corrected chi connectivity index (χ3v) is 3.92. The Bertz CT molecular complexity index is 512. The molecule has 1 amide bonds. The number of hydrogen-bond acceptors (Lipinski definition) is 4. The summed E-state index contributed by atoms with van der Waals surface area (Å²) in [5.74, 6) is 0.984. The van der Waals surface area contributed by atoms with E-state index < -0.39 is 0 Å². The molecule has 0 radical (unpaired) electrons. The fraction of sp³-hybridized carbons (Fsp3) is 0.533. The molecule has 2 heterocycles. The number of amides is 1. The molecule has 1 aromatic rings. The molecule has 5 nitrogen and oxygen atoms in total. The smallest absolute Gasteiger partial charge is 0.242 e. The van der Waals surface area contributed by atoms with E-state index in [0.717, 1.165) is 43.9 Å². The van der Waals surface area contributed by atoms with Crippen molar-refractivity contribution in [1.29, 1.82) is 0 Å². The Morgan fingerprint density at radius 3 is 2.90 bits per heavy atom. The van der Waals surface area contributed by atoms with Crippen LogP contribution >= 0.6 is 0 Å². The highest BCUT2D eigenvalue weighted by Crippen LogP contribution is 2.34. The zero-order valence-electron chi connectivity index (χ0n) is 11.8. The van der Waals surface area contributed by atoms with Crippen LogP contribution in [0.25, 0.3) is 0 Å². The maximum absolute atomic E-state index is 12.3. The lowest BCUT2D eigenvalue weighted by atomic mass is 10.2. The second kappa shape index (κ2) is 5.23. The van der Waals surface area contributed by atoms with Gasteiger partial charge in [0, 0.05) is 24.8 Å². The van der Waals surface area contributed by atoms with Gasteiger partial charge in [-0.3, -0.25) is 4.79 Å². The van der Waals surface area contributed by atoms with Gasteiger partial charge < -0.3 is 20.3 Å². The molecule has 0 aliphatic carbocycles. The van der Waals surface area contributed by atoms with Crippen LogP contribution in [0, 0.1) is 0 Å². The van der Waals surface area contributed by atoms with Gasteiger partial charge in [0.25, 0.3) is 0 Å². The Hall–Kier alpha value is -1.91. The maximum Gasteiger partial charge on any atom is 0.242 e. The first-order chi connectivity index (χ1) is 9.63. The van der Waals surface area contributed by atoms with E-state index in [4.69, 9.17) is 10.5 Å². The topological polar surface area (TPSA) is 58.8 Å². The molecule has 5 heteroatoms. The molecule has 2 aliphatic rings. The first-order valence-corrected chi connectivity index (χ1v) is 7.22. The zero-order valence-corrected chi connectivity index (χ0v) is 11.8. The Kier molecular flexibility index (Phi) is 3.42. The van der Waals surface area contributed by atoms with Crippen molar-refractivity contribution in [2.24, 2.45) is 0 Å². The van der Waals surface area contributed by atoms with Crippen LogP contribution in [0.15, 0.2) is 18.2 Å². The molecular weight excluding hydrogens is 254 g/mol. The summed E-state index contributed by atoms with van der Waals surface area (Å²) < 4.78 is 5.80. The minimum atomic E-state index is 0.0654. The average Bonchev–Trinajstić information content (AvgIpc) is 2.91. The second-order valence-electron chi connectivity index (χ2n) is 5.62. The number of likely N-dealkylation sites (tertiary alicyclic amines) is 1. The van der Waals surface area contributed by atoms with Gasteiger partial charge in [0.2, 0.25) is 5.91 Å². The summed E-state index contributed by atoms with van der Waals surface area (Å²) in [5, 5.41) is 0. The summed E-state index contributed by atoms with van der Waals surface area (Å²) in [5.41, 5.74) is 7.45. The van der Waals surface area contributed by atoms with E-state index in [9.17, 15) is 4.79 Å². The number of ether oxygens (including phenoxy) is 1. The van der Waals surface area contributed by atoms with E-state index in [-0.39, 0.29) is 12.0 Å². The molecule has 0 bridgehead atoms. The predicted octanol–water partition coefficient (Wildman–Crippen LogP) is 1.48. The standard InChI is InChI=1S/C15H21N3O2/c1-11-9-18(10-15(19)17-6-2-3-7-17)13-5-4-12(16)8-14(13)20-11/h4-5,8,11H,2-3,6-7,9-10,16H2,1H3. The molecule has 3 rings (SSSR count). The van der Waals surface area contributed by atoms with Crippen LogP contribution in [-0.4, -0.2) is 43.1 Å². The quantitative estimate of drug-likeness (QED) is 0.831. The Morgan fingerprint density at radius 1 is 1.40 bits per heavy atom. The number of nitrogens with zero attached hydrogens (tertiary/aromatic N) is 2. The third-order valence-electron chi connectivity index (χ3n) is 3.92. The number of hydrogen-bond donors (Lipinski definition) is 1. The number of benzene rings is 1. The van der Waals surface area contributed by atoms with Crippen molar-refractivity contribution in [2.75, 3.05) is 36.8 Å². The first-order valence-electron chi connectivity index (χ1n) is 7.22. The van der Waals surface area contributed by atoms with Crippen LogP contribution in [0.3, 0.4) is 0 Å². The van der Waals surface area contributed by atoms with Gasteiger partial charge >= 0.3 is 0 Å². The van der Waals surface area contributed by atoms with E-state index in [1.54, 1.807) is 0 Å². The SMILES string of the molecule is CC1CN(CC(=O)N2CCCC2)c2ccc(N)cc2O1. The highest BCUT2D eigenvalue weighted by molar-refractivity contribution is 5.83. The molecule has 0 aromatic heterocycles. The van der Waals surface area contributed by atoms with Crippen LogP contribution in [0.5, 0.6) is 5.75 Å². The minimum Gasteiger partial charge on any atom is -0.487 e. The molecule has 0 saturated carbocycles. The molecule has 1 unspecified atom stereocenters. The number of nitrogens with two attached hydrogens (primary N) is 1. The minimum absolute atomic E-state index is 0.0654. The summed E-state index contributed by atoms with van der Waals surface area (Å²) in [7, 11) is 0. The molecule has 1 fully saturated rings. The summed E-state index contributed by atoms with van der Waals surface area (Å²) in [6.45, 7) is 4.96. The van der Waals surface area contributed by atoms with Crippen molar-refractivity contribution < 1.29 is 9.53 Å².